The molecule has 0 spiro atoms. The van der Waals surface area contributed by atoms with Crippen LogP contribution in [0, 0.1) is 5.82 Å². The number of halogens is 1. The van der Waals surface area contributed by atoms with Gasteiger partial charge in [-0.25, -0.2) is 12.8 Å². The van der Waals surface area contributed by atoms with Gasteiger partial charge in [0.15, 0.2) is 0 Å². The first-order valence-corrected chi connectivity index (χ1v) is 9.25. The summed E-state index contributed by atoms with van der Waals surface area (Å²) in [4.78, 5) is 0. The number of hydrogen-bond donors (Lipinski definition) is 1. The average Bonchev–Trinajstić information content (AvgIpc) is 3.17. The molecule has 5 nitrogen and oxygen atoms in total. The van der Waals surface area contributed by atoms with E-state index < -0.39 is 15.8 Å². The minimum Gasteiger partial charge on any atom is -0.279 e. The number of rotatable bonds is 5. The first kappa shape index (κ1) is 15.7. The summed E-state index contributed by atoms with van der Waals surface area (Å²) in [5.41, 5.74) is 1.99. The third-order valence-electron chi connectivity index (χ3n) is 3.25. The van der Waals surface area contributed by atoms with Crippen LogP contribution in [0.25, 0.3) is 11.3 Å². The van der Waals surface area contributed by atoms with Crippen molar-refractivity contribution in [2.24, 2.45) is 0 Å². The van der Waals surface area contributed by atoms with Gasteiger partial charge in [-0.05, 0) is 43.3 Å². The van der Waals surface area contributed by atoms with Crippen LogP contribution in [0.4, 0.5) is 10.1 Å². The molecule has 3 aromatic rings. The first-order chi connectivity index (χ1) is 11.0. The van der Waals surface area contributed by atoms with E-state index in [0.717, 1.165) is 22.6 Å². The highest BCUT2D eigenvalue weighted by atomic mass is 32.2. The molecule has 2 aromatic heterocycles. The Morgan fingerprint density at radius 3 is 2.70 bits per heavy atom. The number of thiophene rings is 1. The Morgan fingerprint density at radius 1 is 1.26 bits per heavy atom. The molecule has 0 saturated carbocycles. The largest absolute Gasteiger partial charge is 0.279 e. The van der Waals surface area contributed by atoms with E-state index in [1.165, 1.54) is 24.3 Å². The zero-order chi connectivity index (χ0) is 16.4. The standard InChI is InChI=1S/C15H14FN3O2S2/c1-2-19-14(7-8-17-19)11-9-15(22-10-11)23(20,21)18-13-5-3-12(16)4-6-13/h3-10,18H,2H2,1H3. The molecule has 3 rings (SSSR count). The van der Waals surface area contributed by atoms with Crippen molar-refractivity contribution >= 4 is 27.0 Å². The van der Waals surface area contributed by atoms with Crippen molar-refractivity contribution in [3.8, 4) is 11.3 Å². The summed E-state index contributed by atoms with van der Waals surface area (Å²) in [7, 11) is -3.70. The average molecular weight is 351 g/mol. The minimum absolute atomic E-state index is 0.195. The number of aromatic nitrogens is 2. The smallest absolute Gasteiger partial charge is 0.271 e. The zero-order valence-electron chi connectivity index (χ0n) is 12.2. The van der Waals surface area contributed by atoms with E-state index in [1.807, 2.05) is 13.0 Å². The quantitative estimate of drug-likeness (QED) is 0.764. The Kier molecular flexibility index (Phi) is 4.18. The summed E-state index contributed by atoms with van der Waals surface area (Å²) in [6, 6.07) is 8.63. The van der Waals surface area contributed by atoms with Gasteiger partial charge in [0.1, 0.15) is 10.0 Å². The SMILES string of the molecule is CCn1nccc1-c1csc(S(=O)(=O)Nc2ccc(F)cc2)c1. The van der Waals surface area contributed by atoms with Gasteiger partial charge >= 0.3 is 0 Å². The fourth-order valence-electron chi connectivity index (χ4n) is 2.15. The van der Waals surface area contributed by atoms with Gasteiger partial charge in [-0.3, -0.25) is 9.40 Å². The lowest BCUT2D eigenvalue weighted by Crippen LogP contribution is -2.11. The summed E-state index contributed by atoms with van der Waals surface area (Å²) in [6.07, 6.45) is 1.68. The predicted octanol–water partition coefficient (Wildman–Crippen LogP) is 3.57. The second-order valence-corrected chi connectivity index (χ2v) is 7.62. The maximum Gasteiger partial charge on any atom is 0.271 e. The maximum atomic E-state index is 12.9. The van der Waals surface area contributed by atoms with E-state index in [1.54, 1.807) is 22.3 Å². The molecule has 120 valence electrons. The van der Waals surface area contributed by atoms with Gasteiger partial charge in [-0.15, -0.1) is 11.3 Å². The van der Waals surface area contributed by atoms with Gasteiger partial charge < -0.3 is 0 Å². The van der Waals surface area contributed by atoms with Crippen LogP contribution in [0.5, 0.6) is 0 Å². The van der Waals surface area contributed by atoms with Gasteiger partial charge in [-0.2, -0.15) is 5.10 Å². The number of nitrogens with one attached hydrogen (secondary N) is 1. The van der Waals surface area contributed by atoms with Crippen LogP contribution in [0.3, 0.4) is 0 Å². The highest BCUT2D eigenvalue weighted by Crippen LogP contribution is 2.29. The Bertz CT molecular complexity index is 914. The van der Waals surface area contributed by atoms with Crippen LogP contribution < -0.4 is 4.72 Å². The van der Waals surface area contributed by atoms with E-state index >= 15 is 0 Å². The minimum atomic E-state index is -3.70. The Morgan fingerprint density at radius 2 is 2.00 bits per heavy atom. The molecular weight excluding hydrogens is 337 g/mol. The Balaban J connectivity index is 1.88. The zero-order valence-corrected chi connectivity index (χ0v) is 13.9. The lowest BCUT2D eigenvalue weighted by molar-refractivity contribution is 0.603. The van der Waals surface area contributed by atoms with Gasteiger partial charge in [0, 0.05) is 29.4 Å². The fraction of sp³-hybridized carbons (Fsp3) is 0.133. The van der Waals surface area contributed by atoms with Crippen LogP contribution in [-0.4, -0.2) is 18.2 Å². The molecule has 1 N–H and O–H groups in total. The Labute approximate surface area is 137 Å². The number of benzene rings is 1. The number of sulfonamides is 1. The highest BCUT2D eigenvalue weighted by Gasteiger charge is 2.18. The van der Waals surface area contributed by atoms with Crippen LogP contribution in [0.15, 0.2) is 52.2 Å². The maximum absolute atomic E-state index is 12.9. The Hall–Kier alpha value is -2.19. The first-order valence-electron chi connectivity index (χ1n) is 6.88. The molecule has 0 atom stereocenters. The predicted molar refractivity (Wildman–Crippen MR) is 88.4 cm³/mol. The van der Waals surface area contributed by atoms with Crippen molar-refractivity contribution in [1.29, 1.82) is 0 Å². The van der Waals surface area contributed by atoms with Gasteiger partial charge in [0.05, 0.1) is 5.69 Å². The topological polar surface area (TPSA) is 64.0 Å². The number of hydrogen-bond acceptors (Lipinski definition) is 4. The molecule has 0 bridgehead atoms. The van der Waals surface area contributed by atoms with E-state index in [0.29, 0.717) is 12.2 Å². The molecular formula is C15H14FN3O2S2. The van der Waals surface area contributed by atoms with Crippen molar-refractivity contribution < 1.29 is 12.8 Å². The fourth-order valence-corrected chi connectivity index (χ4v) is 4.38. The summed E-state index contributed by atoms with van der Waals surface area (Å²) in [5, 5.41) is 5.96. The second-order valence-electron chi connectivity index (χ2n) is 4.80. The summed E-state index contributed by atoms with van der Waals surface area (Å²) >= 11 is 1.13. The van der Waals surface area contributed by atoms with E-state index in [-0.39, 0.29) is 4.21 Å². The summed E-state index contributed by atoms with van der Waals surface area (Å²) < 4.78 is 42.1. The molecule has 1 aromatic carbocycles. The molecule has 8 heteroatoms. The molecule has 0 saturated heterocycles. The lowest BCUT2D eigenvalue weighted by Gasteiger charge is -2.05. The number of aryl methyl sites for hydroxylation is 1. The monoisotopic (exact) mass is 351 g/mol. The number of anilines is 1. The number of nitrogens with zero attached hydrogens (tertiary/aromatic N) is 2. The van der Waals surface area contributed by atoms with Crippen molar-refractivity contribution in [1.82, 2.24) is 9.78 Å². The molecule has 2 heterocycles. The third-order valence-corrected chi connectivity index (χ3v) is 6.07. The van der Waals surface area contributed by atoms with Crippen molar-refractivity contribution in [2.75, 3.05) is 4.72 Å². The van der Waals surface area contributed by atoms with Gasteiger partial charge in [0.2, 0.25) is 0 Å². The molecule has 0 aliphatic rings. The normalized spacial score (nSPS) is 11.6. The molecule has 0 radical (unpaired) electrons. The van der Waals surface area contributed by atoms with Crippen molar-refractivity contribution in [3.63, 3.8) is 0 Å². The van der Waals surface area contributed by atoms with Gasteiger partial charge in [-0.1, -0.05) is 0 Å². The summed E-state index contributed by atoms with van der Waals surface area (Å²) in [6.45, 7) is 2.67. The van der Waals surface area contributed by atoms with E-state index in [4.69, 9.17) is 0 Å². The van der Waals surface area contributed by atoms with Crippen LogP contribution >= 0.6 is 11.3 Å². The van der Waals surface area contributed by atoms with Crippen LogP contribution in [0.2, 0.25) is 0 Å². The van der Waals surface area contributed by atoms with Crippen LogP contribution in [-0.2, 0) is 16.6 Å². The van der Waals surface area contributed by atoms with E-state index in [9.17, 15) is 12.8 Å². The van der Waals surface area contributed by atoms with Gasteiger partial charge in [0.25, 0.3) is 10.0 Å². The highest BCUT2D eigenvalue weighted by molar-refractivity contribution is 7.94. The summed E-state index contributed by atoms with van der Waals surface area (Å²) in [5.74, 6) is -0.417. The molecule has 0 aliphatic heterocycles. The van der Waals surface area contributed by atoms with E-state index in [2.05, 4.69) is 9.82 Å². The molecule has 0 unspecified atom stereocenters. The van der Waals surface area contributed by atoms with Crippen LogP contribution in [0.1, 0.15) is 6.92 Å². The lowest BCUT2D eigenvalue weighted by atomic mass is 10.2. The van der Waals surface area contributed by atoms with Crippen molar-refractivity contribution in [3.05, 3.63) is 53.8 Å². The second kappa shape index (κ2) is 6.13. The molecule has 23 heavy (non-hydrogen) atoms. The van der Waals surface area contributed by atoms with Crippen molar-refractivity contribution in [2.45, 2.75) is 17.7 Å². The third kappa shape index (κ3) is 3.27. The molecule has 0 amide bonds. The molecule has 0 aliphatic carbocycles. The molecule has 0 fully saturated rings.